The lowest BCUT2D eigenvalue weighted by molar-refractivity contribution is 0.669. The van der Waals surface area contributed by atoms with Crippen molar-refractivity contribution in [3.05, 3.63) is 93.6 Å². The molecule has 7 rings (SSSR count). The van der Waals surface area contributed by atoms with Crippen LogP contribution >= 0.6 is 0 Å². The van der Waals surface area contributed by atoms with Crippen molar-refractivity contribution in [2.45, 2.75) is 0 Å². The smallest absolute Gasteiger partial charge is 0.326 e. The van der Waals surface area contributed by atoms with E-state index < -0.39 is 11.2 Å². The number of aromatic amines is 3. The second-order valence-corrected chi connectivity index (χ2v) is 8.05. The molecule has 3 N–H and O–H groups in total. The van der Waals surface area contributed by atoms with Crippen LogP contribution in [0.3, 0.4) is 0 Å². The van der Waals surface area contributed by atoms with E-state index in [0.717, 1.165) is 54.9 Å². The van der Waals surface area contributed by atoms with Gasteiger partial charge in [-0.05, 0) is 53.6 Å². The molecule has 0 amide bonds. The summed E-state index contributed by atoms with van der Waals surface area (Å²) >= 11 is 0. The number of hydrogen-bond donors (Lipinski definition) is 3. The SMILES string of the molecule is O=c1[nH]c(=O)c2cc(-c3ccc4[nH]c5cc6c(cc5c4c3)oc3ccccc36)ccc2[nH]1. The van der Waals surface area contributed by atoms with E-state index in [0.29, 0.717) is 10.9 Å². The summed E-state index contributed by atoms with van der Waals surface area (Å²) in [6.45, 7) is 0. The molecule has 0 radical (unpaired) electrons. The molecule has 0 spiro atoms. The zero-order valence-corrected chi connectivity index (χ0v) is 16.7. The predicted molar refractivity (Wildman–Crippen MR) is 127 cm³/mol. The van der Waals surface area contributed by atoms with E-state index in [9.17, 15) is 9.59 Å². The molecule has 0 unspecified atom stereocenters. The Balaban J connectivity index is 1.47. The Hall–Kier alpha value is -4.58. The highest BCUT2D eigenvalue weighted by molar-refractivity contribution is 6.16. The van der Waals surface area contributed by atoms with Crippen LogP contribution in [0.5, 0.6) is 0 Å². The van der Waals surface area contributed by atoms with Gasteiger partial charge in [0.05, 0.1) is 10.9 Å². The van der Waals surface area contributed by atoms with E-state index in [2.05, 4.69) is 39.2 Å². The number of fused-ring (bicyclic) bond motifs is 7. The van der Waals surface area contributed by atoms with Gasteiger partial charge in [-0.25, -0.2) is 4.79 Å². The molecule has 6 heteroatoms. The molecule has 3 heterocycles. The molecule has 3 aromatic heterocycles. The van der Waals surface area contributed by atoms with Crippen LogP contribution in [0.15, 0.2) is 86.8 Å². The fourth-order valence-corrected chi connectivity index (χ4v) is 4.64. The summed E-state index contributed by atoms with van der Waals surface area (Å²) in [4.78, 5) is 32.2. The third-order valence-corrected chi connectivity index (χ3v) is 6.17. The summed E-state index contributed by atoms with van der Waals surface area (Å²) in [5.41, 5.74) is 5.30. The van der Waals surface area contributed by atoms with Gasteiger partial charge >= 0.3 is 5.69 Å². The van der Waals surface area contributed by atoms with E-state index in [1.807, 2.05) is 36.4 Å². The minimum atomic E-state index is -0.507. The van der Waals surface area contributed by atoms with Gasteiger partial charge in [0.15, 0.2) is 0 Å². The van der Waals surface area contributed by atoms with Crippen LogP contribution in [-0.4, -0.2) is 15.0 Å². The maximum absolute atomic E-state index is 12.2. The molecule has 0 aliphatic rings. The van der Waals surface area contributed by atoms with E-state index in [1.165, 1.54) is 0 Å². The Bertz CT molecular complexity index is 1990. The van der Waals surface area contributed by atoms with Gasteiger partial charge in [0.1, 0.15) is 11.2 Å². The normalized spacial score (nSPS) is 12.0. The molecule has 4 aromatic carbocycles. The first-order chi connectivity index (χ1) is 15.6. The molecule has 0 bridgehead atoms. The summed E-state index contributed by atoms with van der Waals surface area (Å²) < 4.78 is 6.08. The molecular weight excluding hydrogens is 402 g/mol. The summed E-state index contributed by atoms with van der Waals surface area (Å²) in [5.74, 6) is 0. The van der Waals surface area contributed by atoms with Crippen molar-refractivity contribution in [3.63, 3.8) is 0 Å². The second kappa shape index (κ2) is 5.98. The highest BCUT2D eigenvalue weighted by Crippen LogP contribution is 2.36. The van der Waals surface area contributed by atoms with Crippen molar-refractivity contribution in [1.29, 1.82) is 0 Å². The van der Waals surface area contributed by atoms with Gasteiger partial charge in [-0.2, -0.15) is 0 Å². The quantitative estimate of drug-likeness (QED) is 0.333. The van der Waals surface area contributed by atoms with Gasteiger partial charge in [0.25, 0.3) is 5.56 Å². The van der Waals surface area contributed by atoms with Crippen LogP contribution in [-0.2, 0) is 0 Å². The van der Waals surface area contributed by atoms with Gasteiger partial charge in [0, 0.05) is 32.6 Å². The van der Waals surface area contributed by atoms with Gasteiger partial charge in [0.2, 0.25) is 0 Å². The van der Waals surface area contributed by atoms with Gasteiger partial charge in [-0.3, -0.25) is 9.78 Å². The number of hydrogen-bond acceptors (Lipinski definition) is 3. The van der Waals surface area contributed by atoms with Gasteiger partial charge in [-0.1, -0.05) is 30.3 Å². The highest BCUT2D eigenvalue weighted by atomic mass is 16.3. The van der Waals surface area contributed by atoms with Crippen LogP contribution in [0, 0.1) is 0 Å². The Labute approximate surface area is 179 Å². The van der Waals surface area contributed by atoms with Gasteiger partial charge in [-0.15, -0.1) is 0 Å². The first kappa shape index (κ1) is 17.1. The molecule has 152 valence electrons. The summed E-state index contributed by atoms with van der Waals surface area (Å²) in [7, 11) is 0. The second-order valence-electron chi connectivity index (χ2n) is 8.05. The molecule has 0 fully saturated rings. The lowest BCUT2D eigenvalue weighted by Crippen LogP contribution is -2.21. The molecule has 0 aliphatic carbocycles. The summed E-state index contributed by atoms with van der Waals surface area (Å²) in [5, 5.41) is 4.79. The average molecular weight is 417 g/mol. The number of aromatic nitrogens is 3. The van der Waals surface area contributed by atoms with Gasteiger partial charge < -0.3 is 14.4 Å². The lowest BCUT2D eigenvalue weighted by Gasteiger charge is -2.04. The van der Waals surface area contributed by atoms with Crippen LogP contribution in [0.4, 0.5) is 0 Å². The number of para-hydroxylation sites is 1. The zero-order valence-electron chi connectivity index (χ0n) is 16.7. The molecule has 0 atom stereocenters. The predicted octanol–water partition coefficient (Wildman–Crippen LogP) is 5.42. The van der Waals surface area contributed by atoms with Crippen LogP contribution in [0.25, 0.3) is 65.8 Å². The molecule has 0 saturated carbocycles. The van der Waals surface area contributed by atoms with Crippen LogP contribution in [0.1, 0.15) is 0 Å². The molecular formula is C26H15N3O3. The third kappa shape index (κ3) is 2.34. The number of benzene rings is 4. The molecule has 0 aliphatic heterocycles. The number of furan rings is 1. The molecule has 6 nitrogen and oxygen atoms in total. The summed E-state index contributed by atoms with van der Waals surface area (Å²) in [6, 6.07) is 23.9. The molecule has 7 aromatic rings. The topological polar surface area (TPSA) is 94.7 Å². The highest BCUT2D eigenvalue weighted by Gasteiger charge is 2.12. The first-order valence-corrected chi connectivity index (χ1v) is 10.3. The van der Waals surface area contributed by atoms with Crippen molar-refractivity contribution in [2.24, 2.45) is 0 Å². The van der Waals surface area contributed by atoms with Crippen molar-refractivity contribution >= 4 is 54.6 Å². The standard InChI is InChI=1S/C26H15N3O3/c30-25-19-10-14(6-8-21(19)28-26(31)29-25)13-5-7-20-16(9-13)17-12-24-18(11-22(17)27-20)15-3-1-2-4-23(15)32-24/h1-12,27H,(H2,28,29,30,31). The third-order valence-electron chi connectivity index (χ3n) is 6.17. The first-order valence-electron chi connectivity index (χ1n) is 10.3. The fourth-order valence-electron chi connectivity index (χ4n) is 4.64. The monoisotopic (exact) mass is 417 g/mol. The Morgan fingerprint density at radius 3 is 2.09 bits per heavy atom. The Morgan fingerprint density at radius 2 is 1.25 bits per heavy atom. The average Bonchev–Trinajstić information content (AvgIpc) is 3.34. The zero-order chi connectivity index (χ0) is 21.4. The lowest BCUT2D eigenvalue weighted by atomic mass is 10.0. The van der Waals surface area contributed by atoms with E-state index in [4.69, 9.17) is 4.42 Å². The number of rotatable bonds is 1. The van der Waals surface area contributed by atoms with E-state index in [1.54, 1.807) is 12.1 Å². The van der Waals surface area contributed by atoms with E-state index in [-0.39, 0.29) is 0 Å². The maximum atomic E-state index is 12.2. The summed E-state index contributed by atoms with van der Waals surface area (Å²) in [6.07, 6.45) is 0. The number of nitrogens with one attached hydrogen (secondary N) is 3. The largest absolute Gasteiger partial charge is 0.456 e. The van der Waals surface area contributed by atoms with Crippen molar-refractivity contribution < 1.29 is 4.42 Å². The van der Waals surface area contributed by atoms with E-state index >= 15 is 0 Å². The minimum absolute atomic E-state index is 0.397. The fraction of sp³-hybridized carbons (Fsp3) is 0. The van der Waals surface area contributed by atoms with Crippen molar-refractivity contribution in [2.75, 3.05) is 0 Å². The van der Waals surface area contributed by atoms with Crippen LogP contribution in [0.2, 0.25) is 0 Å². The number of H-pyrrole nitrogens is 3. The Morgan fingerprint density at radius 1 is 0.531 bits per heavy atom. The molecule has 32 heavy (non-hydrogen) atoms. The van der Waals surface area contributed by atoms with Crippen molar-refractivity contribution in [1.82, 2.24) is 15.0 Å². The van der Waals surface area contributed by atoms with Crippen molar-refractivity contribution in [3.8, 4) is 11.1 Å². The maximum Gasteiger partial charge on any atom is 0.326 e. The minimum Gasteiger partial charge on any atom is -0.456 e. The molecule has 0 saturated heterocycles. The van der Waals surface area contributed by atoms with Crippen LogP contribution < -0.4 is 11.2 Å². The Kier molecular flexibility index (Phi) is 3.20.